The van der Waals surface area contributed by atoms with Crippen molar-refractivity contribution < 1.29 is 18.7 Å². The van der Waals surface area contributed by atoms with Crippen LogP contribution in [-0.2, 0) is 27.4 Å². The summed E-state index contributed by atoms with van der Waals surface area (Å²) in [5.41, 5.74) is 1.06. The molecular formula is C28H39N3O4. The van der Waals surface area contributed by atoms with E-state index in [1.165, 1.54) is 6.42 Å². The average molecular weight is 482 g/mol. The zero-order chi connectivity index (χ0) is 24.3. The van der Waals surface area contributed by atoms with E-state index < -0.39 is 0 Å². The maximum atomic E-state index is 13.6. The van der Waals surface area contributed by atoms with Crippen LogP contribution in [0, 0.1) is 5.92 Å². The first-order valence-electron chi connectivity index (χ1n) is 13.1. The topological polar surface area (TPSA) is 66.2 Å². The van der Waals surface area contributed by atoms with Crippen molar-refractivity contribution >= 4 is 11.8 Å². The fraction of sp³-hybridized carbons (Fsp3) is 0.571. The number of carbonyl (C=O) groups is 2. The van der Waals surface area contributed by atoms with Crippen LogP contribution in [-0.4, -0.2) is 72.5 Å². The third kappa shape index (κ3) is 7.94. The number of ether oxygens (including phenoxy) is 1. The summed E-state index contributed by atoms with van der Waals surface area (Å²) >= 11 is 0. The summed E-state index contributed by atoms with van der Waals surface area (Å²) in [6, 6.07) is 13.7. The minimum atomic E-state index is -0.0409. The molecule has 2 aromatic rings. The molecule has 0 atom stereocenters. The van der Waals surface area contributed by atoms with E-state index in [4.69, 9.17) is 9.15 Å². The lowest BCUT2D eigenvalue weighted by Gasteiger charge is -2.32. The lowest BCUT2D eigenvalue weighted by atomic mass is 9.88. The fourth-order valence-corrected chi connectivity index (χ4v) is 5.07. The van der Waals surface area contributed by atoms with Gasteiger partial charge < -0.3 is 19.0 Å². The van der Waals surface area contributed by atoms with Crippen molar-refractivity contribution in [1.82, 2.24) is 14.7 Å². The standard InChI is InChI=1S/C28H39N3O4/c32-27(31(22-26-13-7-18-35-26)21-24-9-3-1-4-10-24)23-30(28(33)25-11-5-2-6-12-25)15-8-14-29-16-19-34-20-17-29/h1,3-4,7,9-10,13,18,25H,2,5-6,8,11-12,14-17,19-23H2. The van der Waals surface area contributed by atoms with Crippen molar-refractivity contribution in [2.75, 3.05) is 45.9 Å². The summed E-state index contributed by atoms with van der Waals surface area (Å²) in [6.45, 7) is 5.93. The van der Waals surface area contributed by atoms with Crippen molar-refractivity contribution in [3.05, 3.63) is 60.1 Å². The second kappa shape index (κ2) is 13.4. The molecule has 7 heteroatoms. The quantitative estimate of drug-likeness (QED) is 0.486. The molecule has 1 saturated heterocycles. The molecule has 2 fully saturated rings. The van der Waals surface area contributed by atoms with Crippen LogP contribution in [0.5, 0.6) is 0 Å². The van der Waals surface area contributed by atoms with E-state index in [1.807, 2.05) is 47.4 Å². The van der Waals surface area contributed by atoms with Gasteiger partial charge in [-0.3, -0.25) is 14.5 Å². The molecule has 4 rings (SSSR count). The normalized spacial score (nSPS) is 17.3. The molecule has 1 saturated carbocycles. The van der Waals surface area contributed by atoms with Crippen molar-refractivity contribution in [1.29, 1.82) is 0 Å². The lowest BCUT2D eigenvalue weighted by Crippen LogP contribution is -2.46. The molecule has 1 aliphatic carbocycles. The molecule has 1 aliphatic heterocycles. The van der Waals surface area contributed by atoms with E-state index in [0.29, 0.717) is 19.6 Å². The Morgan fingerprint density at radius 3 is 2.40 bits per heavy atom. The third-order valence-corrected chi connectivity index (χ3v) is 7.09. The molecule has 2 heterocycles. The molecule has 2 amide bonds. The first-order valence-corrected chi connectivity index (χ1v) is 13.1. The number of rotatable bonds is 11. The maximum absolute atomic E-state index is 13.6. The van der Waals surface area contributed by atoms with Gasteiger partial charge in [0.05, 0.1) is 32.6 Å². The Labute approximate surface area is 209 Å². The Morgan fingerprint density at radius 2 is 1.69 bits per heavy atom. The zero-order valence-corrected chi connectivity index (χ0v) is 20.8. The van der Waals surface area contributed by atoms with Crippen LogP contribution in [0.1, 0.15) is 49.8 Å². The van der Waals surface area contributed by atoms with Crippen LogP contribution < -0.4 is 0 Å². The van der Waals surface area contributed by atoms with Gasteiger partial charge in [-0.15, -0.1) is 0 Å². The first-order chi connectivity index (χ1) is 17.2. The number of hydrogen-bond acceptors (Lipinski definition) is 5. The second-order valence-electron chi connectivity index (χ2n) is 9.72. The monoisotopic (exact) mass is 481 g/mol. The zero-order valence-electron chi connectivity index (χ0n) is 20.8. The molecule has 0 bridgehead atoms. The summed E-state index contributed by atoms with van der Waals surface area (Å²) in [5, 5.41) is 0. The number of carbonyl (C=O) groups excluding carboxylic acids is 2. The summed E-state index contributed by atoms with van der Waals surface area (Å²) in [7, 11) is 0. The molecular weight excluding hydrogens is 442 g/mol. The summed E-state index contributed by atoms with van der Waals surface area (Å²) in [5.74, 6) is 0.901. The SMILES string of the molecule is O=C(CN(CCCN1CCOCC1)C(=O)C1CCCCC1)N(Cc1ccccc1)Cc1ccco1. The van der Waals surface area contributed by atoms with Crippen LogP contribution in [0.4, 0.5) is 0 Å². The van der Waals surface area contributed by atoms with E-state index in [0.717, 1.165) is 76.3 Å². The molecule has 0 spiro atoms. The van der Waals surface area contributed by atoms with Gasteiger partial charge in [0, 0.05) is 38.6 Å². The highest BCUT2D eigenvalue weighted by Crippen LogP contribution is 2.26. The van der Waals surface area contributed by atoms with Gasteiger partial charge in [-0.25, -0.2) is 0 Å². The number of nitrogens with zero attached hydrogens (tertiary/aromatic N) is 3. The van der Waals surface area contributed by atoms with Gasteiger partial charge in [0.15, 0.2) is 0 Å². The molecule has 1 aromatic carbocycles. The smallest absolute Gasteiger partial charge is 0.242 e. The summed E-state index contributed by atoms with van der Waals surface area (Å²) < 4.78 is 11.0. The van der Waals surface area contributed by atoms with Crippen molar-refractivity contribution in [3.63, 3.8) is 0 Å². The first kappa shape index (κ1) is 25.5. The van der Waals surface area contributed by atoms with Crippen LogP contribution in [0.3, 0.4) is 0 Å². The van der Waals surface area contributed by atoms with Crippen LogP contribution in [0.15, 0.2) is 53.1 Å². The van der Waals surface area contributed by atoms with Gasteiger partial charge in [-0.2, -0.15) is 0 Å². The molecule has 0 radical (unpaired) electrons. The molecule has 7 nitrogen and oxygen atoms in total. The van der Waals surface area contributed by atoms with Gasteiger partial charge in [-0.1, -0.05) is 49.6 Å². The number of furan rings is 1. The molecule has 1 aromatic heterocycles. The number of benzene rings is 1. The van der Waals surface area contributed by atoms with Gasteiger partial charge in [-0.05, 0) is 37.0 Å². The van der Waals surface area contributed by atoms with Gasteiger partial charge in [0.1, 0.15) is 5.76 Å². The van der Waals surface area contributed by atoms with Crippen molar-refractivity contribution in [2.24, 2.45) is 5.92 Å². The second-order valence-corrected chi connectivity index (χ2v) is 9.72. The van der Waals surface area contributed by atoms with Gasteiger partial charge in [0.2, 0.25) is 11.8 Å². The number of hydrogen-bond donors (Lipinski definition) is 0. The Kier molecular flexibility index (Phi) is 9.78. The van der Waals surface area contributed by atoms with Crippen LogP contribution >= 0.6 is 0 Å². The predicted molar refractivity (Wildman–Crippen MR) is 134 cm³/mol. The molecule has 190 valence electrons. The maximum Gasteiger partial charge on any atom is 0.242 e. The Bertz CT molecular complexity index is 890. The van der Waals surface area contributed by atoms with Crippen LogP contribution in [0.2, 0.25) is 0 Å². The lowest BCUT2D eigenvalue weighted by molar-refractivity contribution is -0.144. The molecule has 0 N–H and O–H groups in total. The summed E-state index contributed by atoms with van der Waals surface area (Å²) in [6.07, 6.45) is 7.77. The van der Waals surface area contributed by atoms with Gasteiger partial charge in [0.25, 0.3) is 0 Å². The summed E-state index contributed by atoms with van der Waals surface area (Å²) in [4.78, 5) is 33.1. The molecule has 0 unspecified atom stereocenters. The minimum absolute atomic E-state index is 0.0409. The highest BCUT2D eigenvalue weighted by atomic mass is 16.5. The molecule has 35 heavy (non-hydrogen) atoms. The Balaban J connectivity index is 1.43. The van der Waals surface area contributed by atoms with E-state index in [9.17, 15) is 9.59 Å². The van der Waals surface area contributed by atoms with E-state index in [-0.39, 0.29) is 24.3 Å². The van der Waals surface area contributed by atoms with E-state index in [2.05, 4.69) is 4.90 Å². The van der Waals surface area contributed by atoms with Gasteiger partial charge >= 0.3 is 0 Å². The largest absolute Gasteiger partial charge is 0.467 e. The predicted octanol–water partition coefficient (Wildman–Crippen LogP) is 3.94. The number of amides is 2. The molecule has 2 aliphatic rings. The third-order valence-electron chi connectivity index (χ3n) is 7.09. The Morgan fingerprint density at radius 1 is 0.914 bits per heavy atom. The van der Waals surface area contributed by atoms with E-state index >= 15 is 0 Å². The highest BCUT2D eigenvalue weighted by Gasteiger charge is 2.29. The Hall–Kier alpha value is -2.64. The minimum Gasteiger partial charge on any atom is -0.467 e. The van der Waals surface area contributed by atoms with Crippen molar-refractivity contribution in [3.8, 4) is 0 Å². The van der Waals surface area contributed by atoms with Crippen LogP contribution in [0.25, 0.3) is 0 Å². The van der Waals surface area contributed by atoms with Crippen molar-refractivity contribution in [2.45, 2.75) is 51.6 Å². The highest BCUT2D eigenvalue weighted by molar-refractivity contribution is 5.86. The van der Waals surface area contributed by atoms with E-state index in [1.54, 1.807) is 11.2 Å². The average Bonchev–Trinajstić information content (AvgIpc) is 3.42. The number of morpholine rings is 1. The fourth-order valence-electron chi connectivity index (χ4n) is 5.07.